The van der Waals surface area contributed by atoms with Crippen molar-refractivity contribution in [3.63, 3.8) is 0 Å². The average Bonchev–Trinajstić information content (AvgIpc) is 2.56. The van der Waals surface area contributed by atoms with E-state index in [1.807, 2.05) is 62.4 Å². The topological polar surface area (TPSA) is 64.3 Å². The van der Waals surface area contributed by atoms with Crippen LogP contribution in [0, 0.1) is 12.8 Å². The lowest BCUT2D eigenvalue weighted by Gasteiger charge is -2.20. The third kappa shape index (κ3) is 4.71. The van der Waals surface area contributed by atoms with Crippen molar-refractivity contribution in [2.45, 2.75) is 19.9 Å². The Hall–Kier alpha value is -2.04. The van der Waals surface area contributed by atoms with Crippen molar-refractivity contribution in [2.75, 3.05) is 12.4 Å². The summed E-state index contributed by atoms with van der Waals surface area (Å²) in [6.45, 7) is 3.77. The molecule has 23 heavy (non-hydrogen) atoms. The van der Waals surface area contributed by atoms with Crippen LogP contribution in [0.25, 0.3) is 0 Å². The number of benzene rings is 2. The van der Waals surface area contributed by atoms with Crippen LogP contribution in [-0.4, -0.2) is 13.0 Å². The van der Waals surface area contributed by atoms with Gasteiger partial charge in [0.25, 0.3) is 0 Å². The van der Waals surface area contributed by atoms with Crippen LogP contribution in [0.15, 0.2) is 48.5 Å². The van der Waals surface area contributed by atoms with Gasteiger partial charge in [-0.1, -0.05) is 37.3 Å². The van der Waals surface area contributed by atoms with E-state index in [4.69, 9.17) is 10.5 Å². The Morgan fingerprint density at radius 1 is 1.17 bits per heavy atom. The molecule has 0 aliphatic heterocycles. The highest BCUT2D eigenvalue weighted by Gasteiger charge is 2.22. The third-order valence-corrected chi connectivity index (χ3v) is 3.83. The Kier molecular flexibility index (Phi) is 7.07. The Morgan fingerprint density at radius 3 is 2.39 bits per heavy atom. The highest BCUT2D eigenvalue weighted by molar-refractivity contribution is 5.93. The number of halogens is 1. The lowest BCUT2D eigenvalue weighted by Crippen LogP contribution is -2.30. The quantitative estimate of drug-likeness (QED) is 0.876. The Bertz CT molecular complexity index is 647. The largest absolute Gasteiger partial charge is 0.497 e. The maximum Gasteiger partial charge on any atom is 0.229 e. The normalized spacial score (nSPS) is 12.7. The molecule has 0 fully saturated rings. The van der Waals surface area contributed by atoms with Crippen molar-refractivity contribution in [3.8, 4) is 5.75 Å². The van der Waals surface area contributed by atoms with Crippen LogP contribution in [0.4, 0.5) is 5.69 Å². The van der Waals surface area contributed by atoms with Gasteiger partial charge in [0.15, 0.2) is 0 Å². The van der Waals surface area contributed by atoms with E-state index >= 15 is 0 Å². The SMILES string of the molecule is COc1ccc(NC(=O)C(C)C(N)c2ccccc2)c(C)c1.Cl. The zero-order chi connectivity index (χ0) is 16.1. The van der Waals surface area contributed by atoms with Gasteiger partial charge in [-0.3, -0.25) is 4.79 Å². The van der Waals surface area contributed by atoms with Gasteiger partial charge >= 0.3 is 0 Å². The van der Waals surface area contributed by atoms with Crippen molar-refractivity contribution < 1.29 is 9.53 Å². The van der Waals surface area contributed by atoms with Gasteiger partial charge in [0.2, 0.25) is 5.91 Å². The second-order valence-corrected chi connectivity index (χ2v) is 5.40. The highest BCUT2D eigenvalue weighted by atomic mass is 35.5. The molecule has 5 heteroatoms. The number of nitrogens with one attached hydrogen (secondary N) is 1. The molecule has 2 aromatic carbocycles. The number of ether oxygens (including phenoxy) is 1. The first-order valence-corrected chi connectivity index (χ1v) is 7.29. The maximum atomic E-state index is 12.4. The first kappa shape index (κ1) is 19.0. The van der Waals surface area contributed by atoms with Crippen molar-refractivity contribution >= 4 is 24.0 Å². The van der Waals surface area contributed by atoms with Gasteiger partial charge in [-0.15, -0.1) is 12.4 Å². The van der Waals surface area contributed by atoms with E-state index in [2.05, 4.69) is 5.32 Å². The molecular weight excluding hydrogens is 312 g/mol. The van der Waals surface area contributed by atoms with E-state index in [0.29, 0.717) is 0 Å². The summed E-state index contributed by atoms with van der Waals surface area (Å²) in [5.41, 5.74) is 8.88. The summed E-state index contributed by atoms with van der Waals surface area (Å²) < 4.78 is 5.17. The number of amides is 1. The summed E-state index contributed by atoms with van der Waals surface area (Å²) in [4.78, 5) is 12.4. The number of carbonyl (C=O) groups is 1. The van der Waals surface area contributed by atoms with Crippen molar-refractivity contribution in [1.82, 2.24) is 0 Å². The predicted octanol–water partition coefficient (Wildman–Crippen LogP) is 3.70. The molecule has 0 radical (unpaired) electrons. The number of anilines is 1. The minimum Gasteiger partial charge on any atom is -0.497 e. The summed E-state index contributed by atoms with van der Waals surface area (Å²) >= 11 is 0. The highest BCUT2D eigenvalue weighted by Crippen LogP contribution is 2.24. The molecule has 0 aromatic heterocycles. The summed E-state index contributed by atoms with van der Waals surface area (Å²) in [5, 5.41) is 2.94. The van der Waals surface area contributed by atoms with Crippen molar-refractivity contribution in [1.29, 1.82) is 0 Å². The molecule has 0 aliphatic rings. The second-order valence-electron chi connectivity index (χ2n) is 5.40. The zero-order valence-electron chi connectivity index (χ0n) is 13.6. The fourth-order valence-electron chi connectivity index (χ4n) is 2.28. The van der Waals surface area contributed by atoms with Gasteiger partial charge in [0.05, 0.1) is 13.0 Å². The van der Waals surface area contributed by atoms with E-state index < -0.39 is 0 Å². The monoisotopic (exact) mass is 334 g/mol. The molecule has 0 bridgehead atoms. The van der Waals surface area contributed by atoms with E-state index in [-0.39, 0.29) is 30.3 Å². The number of hydrogen-bond acceptors (Lipinski definition) is 3. The lowest BCUT2D eigenvalue weighted by molar-refractivity contribution is -0.120. The molecule has 3 N–H and O–H groups in total. The van der Waals surface area contributed by atoms with Crippen LogP contribution in [0.1, 0.15) is 24.1 Å². The molecule has 4 nitrogen and oxygen atoms in total. The van der Waals surface area contributed by atoms with Gasteiger partial charge in [-0.05, 0) is 36.2 Å². The average molecular weight is 335 g/mol. The standard InChI is InChI=1S/C18H22N2O2.ClH/c1-12-11-15(22-3)9-10-16(12)20-18(21)13(2)17(19)14-7-5-4-6-8-14;/h4-11,13,17H,19H2,1-3H3,(H,20,21);1H. The molecule has 0 aliphatic carbocycles. The molecule has 0 heterocycles. The summed E-state index contributed by atoms with van der Waals surface area (Å²) in [6.07, 6.45) is 0. The summed E-state index contributed by atoms with van der Waals surface area (Å²) in [6, 6.07) is 14.9. The van der Waals surface area contributed by atoms with Crippen molar-refractivity contribution in [2.24, 2.45) is 11.7 Å². The fourth-order valence-corrected chi connectivity index (χ4v) is 2.28. The molecule has 124 valence electrons. The van der Waals surface area contributed by atoms with Gasteiger partial charge in [-0.2, -0.15) is 0 Å². The molecule has 0 saturated carbocycles. The maximum absolute atomic E-state index is 12.4. The number of aryl methyl sites for hydroxylation is 1. The minimum absolute atomic E-state index is 0. The van der Waals surface area contributed by atoms with Gasteiger partial charge < -0.3 is 15.8 Å². The molecule has 2 rings (SSSR count). The number of hydrogen-bond donors (Lipinski definition) is 2. The Balaban J connectivity index is 0.00000264. The third-order valence-electron chi connectivity index (χ3n) is 3.83. The molecule has 2 aromatic rings. The lowest BCUT2D eigenvalue weighted by atomic mass is 9.94. The fraction of sp³-hybridized carbons (Fsp3) is 0.278. The van der Waals surface area contributed by atoms with Gasteiger partial charge in [0, 0.05) is 11.7 Å². The smallest absolute Gasteiger partial charge is 0.229 e. The van der Waals surface area contributed by atoms with Crippen LogP contribution in [0.5, 0.6) is 5.75 Å². The number of nitrogens with two attached hydrogens (primary N) is 1. The number of carbonyl (C=O) groups excluding carboxylic acids is 1. The first-order valence-electron chi connectivity index (χ1n) is 7.29. The van der Waals surface area contributed by atoms with Crippen LogP contribution in [0.2, 0.25) is 0 Å². The minimum atomic E-state index is -0.334. The van der Waals surface area contributed by atoms with Crippen LogP contribution < -0.4 is 15.8 Å². The van der Waals surface area contributed by atoms with Crippen LogP contribution in [0.3, 0.4) is 0 Å². The van der Waals surface area contributed by atoms with Crippen LogP contribution in [-0.2, 0) is 4.79 Å². The zero-order valence-corrected chi connectivity index (χ0v) is 14.4. The predicted molar refractivity (Wildman–Crippen MR) is 96.1 cm³/mol. The molecular formula is C18H23ClN2O2. The van der Waals surface area contributed by atoms with Gasteiger partial charge in [0.1, 0.15) is 5.75 Å². The van der Waals surface area contributed by atoms with E-state index in [1.165, 1.54) is 0 Å². The first-order chi connectivity index (χ1) is 10.5. The number of methoxy groups -OCH3 is 1. The molecule has 0 spiro atoms. The van der Waals surface area contributed by atoms with Crippen LogP contribution >= 0.6 is 12.4 Å². The van der Waals surface area contributed by atoms with E-state index in [0.717, 1.165) is 22.6 Å². The molecule has 1 amide bonds. The van der Waals surface area contributed by atoms with E-state index in [1.54, 1.807) is 7.11 Å². The Morgan fingerprint density at radius 2 is 1.83 bits per heavy atom. The summed E-state index contributed by atoms with van der Waals surface area (Å²) in [7, 11) is 1.62. The molecule has 2 atom stereocenters. The Labute approximate surface area is 143 Å². The second kappa shape index (κ2) is 8.56. The van der Waals surface area contributed by atoms with E-state index in [9.17, 15) is 4.79 Å². The van der Waals surface area contributed by atoms with Gasteiger partial charge in [-0.25, -0.2) is 0 Å². The molecule has 2 unspecified atom stereocenters. The number of rotatable bonds is 5. The molecule has 0 saturated heterocycles. The van der Waals surface area contributed by atoms with Crippen molar-refractivity contribution in [3.05, 3.63) is 59.7 Å². The summed E-state index contributed by atoms with van der Waals surface area (Å²) in [5.74, 6) is 0.345.